The van der Waals surface area contributed by atoms with E-state index >= 15 is 0 Å². The molecule has 0 spiro atoms. The molecule has 0 aromatic heterocycles. The van der Waals surface area contributed by atoms with Crippen molar-refractivity contribution in [1.82, 2.24) is 9.62 Å². The molecular weight excluding hydrogens is 350 g/mol. The van der Waals surface area contributed by atoms with E-state index in [-0.39, 0.29) is 36.7 Å². The van der Waals surface area contributed by atoms with Crippen molar-refractivity contribution in [3.05, 3.63) is 35.4 Å². The molecule has 3 N–H and O–H groups in total. The van der Waals surface area contributed by atoms with Crippen molar-refractivity contribution >= 4 is 28.3 Å². The highest BCUT2D eigenvalue weighted by molar-refractivity contribution is 7.89. The van der Waals surface area contributed by atoms with Gasteiger partial charge in [0.1, 0.15) is 0 Å². The first kappa shape index (κ1) is 20.9. The van der Waals surface area contributed by atoms with E-state index in [1.54, 1.807) is 31.2 Å². The standard InChI is InChI=1S/C16H25N3O3S.ClH/c1-3-23(21,22)18-10-13-4-6-15(7-5-13)16(20)19-11-14(9-17)8-12(19)2;/h4-7,12,14,18H,3,8-11,17H2,1-2H3;1H. The second kappa shape index (κ2) is 8.80. The number of nitrogens with two attached hydrogens (primary N) is 1. The third-order valence-corrected chi connectivity index (χ3v) is 5.68. The van der Waals surface area contributed by atoms with Gasteiger partial charge in [0.25, 0.3) is 5.91 Å². The Labute approximate surface area is 150 Å². The molecule has 1 aliphatic rings. The van der Waals surface area contributed by atoms with Crippen LogP contribution in [0.25, 0.3) is 0 Å². The Hall–Kier alpha value is -1.15. The minimum Gasteiger partial charge on any atom is -0.336 e. The first-order valence-electron chi connectivity index (χ1n) is 7.93. The van der Waals surface area contributed by atoms with Crippen LogP contribution in [0.3, 0.4) is 0 Å². The average Bonchev–Trinajstić information content (AvgIpc) is 2.94. The Morgan fingerprint density at radius 1 is 1.33 bits per heavy atom. The van der Waals surface area contributed by atoms with Gasteiger partial charge < -0.3 is 10.6 Å². The molecular formula is C16H26ClN3O3S. The molecule has 0 radical (unpaired) electrons. The highest BCUT2D eigenvalue weighted by Gasteiger charge is 2.31. The van der Waals surface area contributed by atoms with Gasteiger partial charge in [0, 0.05) is 24.7 Å². The fraction of sp³-hybridized carbons (Fsp3) is 0.562. The number of hydrogen-bond acceptors (Lipinski definition) is 4. The minimum absolute atomic E-state index is 0. The summed E-state index contributed by atoms with van der Waals surface area (Å²) in [6.07, 6.45) is 0.944. The van der Waals surface area contributed by atoms with Crippen LogP contribution in [0, 0.1) is 5.92 Å². The van der Waals surface area contributed by atoms with Gasteiger partial charge in [-0.05, 0) is 50.4 Å². The summed E-state index contributed by atoms with van der Waals surface area (Å²) in [7, 11) is -3.21. The summed E-state index contributed by atoms with van der Waals surface area (Å²) in [6.45, 7) is 5.18. The zero-order chi connectivity index (χ0) is 17.0. The third kappa shape index (κ3) is 5.17. The van der Waals surface area contributed by atoms with Gasteiger partial charge in [-0.15, -0.1) is 12.4 Å². The van der Waals surface area contributed by atoms with E-state index in [1.165, 1.54) is 0 Å². The summed E-state index contributed by atoms with van der Waals surface area (Å²) in [6, 6.07) is 7.27. The van der Waals surface area contributed by atoms with Crippen molar-refractivity contribution in [3.8, 4) is 0 Å². The molecule has 24 heavy (non-hydrogen) atoms. The van der Waals surface area contributed by atoms with Gasteiger partial charge in [0.15, 0.2) is 0 Å². The maximum atomic E-state index is 12.6. The molecule has 1 aromatic rings. The molecule has 1 aliphatic heterocycles. The number of halogens is 1. The van der Waals surface area contributed by atoms with Gasteiger partial charge in [-0.3, -0.25) is 4.79 Å². The van der Waals surface area contributed by atoms with Gasteiger partial charge in [-0.25, -0.2) is 13.1 Å². The molecule has 1 saturated heterocycles. The molecule has 136 valence electrons. The van der Waals surface area contributed by atoms with Crippen LogP contribution in [0.2, 0.25) is 0 Å². The van der Waals surface area contributed by atoms with Crippen molar-refractivity contribution < 1.29 is 13.2 Å². The molecule has 1 amide bonds. The summed E-state index contributed by atoms with van der Waals surface area (Å²) < 4.78 is 25.4. The number of nitrogens with zero attached hydrogens (tertiary/aromatic N) is 1. The van der Waals surface area contributed by atoms with Gasteiger partial charge in [0.05, 0.1) is 5.75 Å². The third-order valence-electron chi connectivity index (χ3n) is 4.33. The van der Waals surface area contributed by atoms with Crippen LogP contribution in [0.15, 0.2) is 24.3 Å². The Morgan fingerprint density at radius 3 is 2.46 bits per heavy atom. The molecule has 1 aromatic carbocycles. The van der Waals surface area contributed by atoms with E-state index in [0.717, 1.165) is 12.0 Å². The fourth-order valence-corrected chi connectivity index (χ4v) is 3.41. The Balaban J connectivity index is 0.00000288. The van der Waals surface area contributed by atoms with E-state index in [9.17, 15) is 13.2 Å². The molecule has 2 atom stereocenters. The largest absolute Gasteiger partial charge is 0.336 e. The average molecular weight is 376 g/mol. The summed E-state index contributed by atoms with van der Waals surface area (Å²) in [5.74, 6) is 0.435. The lowest BCUT2D eigenvalue weighted by atomic mass is 10.1. The molecule has 0 bridgehead atoms. The summed E-state index contributed by atoms with van der Waals surface area (Å²) >= 11 is 0. The predicted octanol–water partition coefficient (Wildman–Crippen LogP) is 1.36. The summed E-state index contributed by atoms with van der Waals surface area (Å²) in [4.78, 5) is 14.4. The maximum Gasteiger partial charge on any atom is 0.254 e. The number of carbonyl (C=O) groups is 1. The number of amides is 1. The lowest BCUT2D eigenvalue weighted by Crippen LogP contribution is -2.34. The highest BCUT2D eigenvalue weighted by Crippen LogP contribution is 2.24. The fourth-order valence-electron chi connectivity index (χ4n) is 2.82. The smallest absolute Gasteiger partial charge is 0.254 e. The normalized spacial score (nSPS) is 20.7. The Morgan fingerprint density at radius 2 is 1.96 bits per heavy atom. The topological polar surface area (TPSA) is 92.5 Å². The Kier molecular flexibility index (Phi) is 7.66. The summed E-state index contributed by atoms with van der Waals surface area (Å²) in [5, 5.41) is 0. The van der Waals surface area contributed by atoms with E-state index in [0.29, 0.717) is 24.6 Å². The number of likely N-dealkylation sites (tertiary alicyclic amines) is 1. The number of carbonyl (C=O) groups excluding carboxylic acids is 1. The van der Waals surface area contributed by atoms with Crippen LogP contribution in [0.4, 0.5) is 0 Å². The molecule has 0 aliphatic carbocycles. The van der Waals surface area contributed by atoms with Crippen molar-refractivity contribution in [2.75, 3.05) is 18.8 Å². The minimum atomic E-state index is -3.21. The first-order chi connectivity index (χ1) is 10.9. The number of hydrogen-bond donors (Lipinski definition) is 2. The second-order valence-electron chi connectivity index (χ2n) is 6.07. The van der Waals surface area contributed by atoms with Crippen LogP contribution >= 0.6 is 12.4 Å². The second-order valence-corrected chi connectivity index (χ2v) is 8.16. The maximum absolute atomic E-state index is 12.6. The predicted molar refractivity (Wildman–Crippen MR) is 97.7 cm³/mol. The zero-order valence-corrected chi connectivity index (χ0v) is 15.7. The van der Waals surface area contributed by atoms with Gasteiger partial charge in [-0.2, -0.15) is 0 Å². The number of rotatable bonds is 6. The summed E-state index contributed by atoms with van der Waals surface area (Å²) in [5.41, 5.74) is 7.15. The zero-order valence-electron chi connectivity index (χ0n) is 14.1. The first-order valence-corrected chi connectivity index (χ1v) is 9.58. The van der Waals surface area contributed by atoms with Crippen molar-refractivity contribution in [1.29, 1.82) is 0 Å². The van der Waals surface area contributed by atoms with Crippen molar-refractivity contribution in [2.45, 2.75) is 32.9 Å². The molecule has 2 unspecified atom stereocenters. The van der Waals surface area contributed by atoms with Gasteiger partial charge >= 0.3 is 0 Å². The van der Waals surface area contributed by atoms with Gasteiger partial charge in [0.2, 0.25) is 10.0 Å². The molecule has 6 nitrogen and oxygen atoms in total. The van der Waals surface area contributed by atoms with Crippen LogP contribution in [-0.4, -0.2) is 44.1 Å². The van der Waals surface area contributed by atoms with Gasteiger partial charge in [-0.1, -0.05) is 12.1 Å². The number of benzene rings is 1. The Bertz CT molecular complexity index is 649. The molecule has 1 heterocycles. The van der Waals surface area contributed by atoms with Crippen LogP contribution in [0.1, 0.15) is 36.2 Å². The molecule has 2 rings (SSSR count). The van der Waals surface area contributed by atoms with Crippen LogP contribution in [0.5, 0.6) is 0 Å². The monoisotopic (exact) mass is 375 g/mol. The van der Waals surface area contributed by atoms with E-state index in [2.05, 4.69) is 4.72 Å². The van der Waals surface area contributed by atoms with E-state index in [4.69, 9.17) is 5.73 Å². The number of sulfonamides is 1. The van der Waals surface area contributed by atoms with E-state index < -0.39 is 10.0 Å². The van der Waals surface area contributed by atoms with Crippen molar-refractivity contribution in [2.24, 2.45) is 11.7 Å². The van der Waals surface area contributed by atoms with Crippen LogP contribution in [-0.2, 0) is 16.6 Å². The molecule has 0 saturated carbocycles. The number of nitrogens with one attached hydrogen (secondary N) is 1. The molecule has 8 heteroatoms. The quantitative estimate of drug-likeness (QED) is 0.785. The SMILES string of the molecule is CCS(=O)(=O)NCc1ccc(C(=O)N2CC(CN)CC2C)cc1.Cl. The lowest BCUT2D eigenvalue weighted by Gasteiger charge is -2.21. The van der Waals surface area contributed by atoms with E-state index in [1.807, 2.05) is 11.8 Å². The van der Waals surface area contributed by atoms with Crippen molar-refractivity contribution in [3.63, 3.8) is 0 Å². The highest BCUT2D eigenvalue weighted by atomic mass is 35.5. The van der Waals surface area contributed by atoms with Crippen LogP contribution < -0.4 is 10.5 Å². The lowest BCUT2D eigenvalue weighted by molar-refractivity contribution is 0.0743. The molecule has 1 fully saturated rings.